The molecule has 1 aliphatic rings. The summed E-state index contributed by atoms with van der Waals surface area (Å²) in [6.07, 6.45) is -0.191. The molecule has 1 rings (SSSR count). The van der Waals surface area contributed by atoms with E-state index in [4.69, 9.17) is 9.84 Å². The van der Waals surface area contributed by atoms with Crippen LogP contribution in [-0.2, 0) is 9.53 Å². The SMILES string of the molecule is CC(C)(C)OC(=O)N1CCN(C(=O)CCO)CC1. The van der Waals surface area contributed by atoms with Crippen LogP contribution in [0, 0.1) is 0 Å². The molecule has 1 heterocycles. The third-order valence-corrected chi connectivity index (χ3v) is 2.61. The zero-order chi connectivity index (χ0) is 13.8. The number of rotatable bonds is 2. The van der Waals surface area contributed by atoms with Gasteiger partial charge in [0.1, 0.15) is 5.60 Å². The standard InChI is InChI=1S/C12H22N2O4/c1-12(2,3)18-11(17)14-7-5-13(6-8-14)10(16)4-9-15/h15H,4-9H2,1-3H3. The average Bonchev–Trinajstić information content (AvgIpc) is 2.27. The van der Waals surface area contributed by atoms with Crippen molar-refractivity contribution in [1.29, 1.82) is 0 Å². The van der Waals surface area contributed by atoms with Crippen LogP contribution in [0.5, 0.6) is 0 Å². The van der Waals surface area contributed by atoms with Crippen molar-refractivity contribution in [2.75, 3.05) is 32.8 Å². The fourth-order valence-electron chi connectivity index (χ4n) is 1.72. The summed E-state index contributed by atoms with van der Waals surface area (Å²) >= 11 is 0. The Kier molecular flexibility index (Phi) is 4.95. The molecule has 0 aliphatic carbocycles. The van der Waals surface area contributed by atoms with Crippen molar-refractivity contribution in [3.8, 4) is 0 Å². The molecule has 0 atom stereocenters. The molecule has 1 saturated heterocycles. The summed E-state index contributed by atoms with van der Waals surface area (Å²) in [5.74, 6) is -0.0682. The van der Waals surface area contributed by atoms with Crippen molar-refractivity contribution in [2.45, 2.75) is 32.8 Å². The van der Waals surface area contributed by atoms with Gasteiger partial charge in [-0.1, -0.05) is 0 Å². The van der Waals surface area contributed by atoms with Crippen molar-refractivity contribution in [3.63, 3.8) is 0 Å². The number of hydrogen-bond donors (Lipinski definition) is 1. The molecule has 0 radical (unpaired) electrons. The number of hydrogen-bond acceptors (Lipinski definition) is 4. The second-order valence-corrected chi connectivity index (χ2v) is 5.32. The average molecular weight is 258 g/mol. The highest BCUT2D eigenvalue weighted by Gasteiger charge is 2.27. The summed E-state index contributed by atoms with van der Waals surface area (Å²) in [6.45, 7) is 7.29. The van der Waals surface area contributed by atoms with Crippen LogP contribution >= 0.6 is 0 Å². The smallest absolute Gasteiger partial charge is 0.410 e. The van der Waals surface area contributed by atoms with Crippen LogP contribution in [-0.4, -0.2) is 65.3 Å². The Morgan fingerprint density at radius 1 is 1.11 bits per heavy atom. The molecule has 0 aromatic carbocycles. The van der Waals surface area contributed by atoms with E-state index in [0.717, 1.165) is 0 Å². The number of carbonyl (C=O) groups excluding carboxylic acids is 2. The number of aliphatic hydroxyl groups is 1. The summed E-state index contributed by atoms with van der Waals surface area (Å²) in [4.78, 5) is 26.6. The highest BCUT2D eigenvalue weighted by Crippen LogP contribution is 2.12. The van der Waals surface area contributed by atoms with Crippen molar-refractivity contribution < 1.29 is 19.4 Å². The van der Waals surface area contributed by atoms with Crippen LogP contribution in [0.1, 0.15) is 27.2 Å². The molecule has 104 valence electrons. The molecule has 0 unspecified atom stereocenters. The molecule has 6 nitrogen and oxygen atoms in total. The highest BCUT2D eigenvalue weighted by molar-refractivity contribution is 5.76. The lowest BCUT2D eigenvalue weighted by Crippen LogP contribution is -2.51. The monoisotopic (exact) mass is 258 g/mol. The Bertz CT molecular complexity index is 304. The van der Waals surface area contributed by atoms with Gasteiger partial charge >= 0.3 is 6.09 Å². The molecule has 18 heavy (non-hydrogen) atoms. The lowest BCUT2D eigenvalue weighted by Gasteiger charge is -2.35. The second kappa shape index (κ2) is 6.04. The van der Waals surface area contributed by atoms with E-state index in [0.29, 0.717) is 26.2 Å². The molecule has 6 heteroatoms. The fourth-order valence-corrected chi connectivity index (χ4v) is 1.72. The molecule has 2 amide bonds. The first-order chi connectivity index (χ1) is 8.33. The quantitative estimate of drug-likeness (QED) is 0.780. The lowest BCUT2D eigenvalue weighted by molar-refractivity contribution is -0.133. The Morgan fingerprint density at radius 2 is 1.61 bits per heavy atom. The van der Waals surface area contributed by atoms with E-state index in [-0.39, 0.29) is 25.0 Å². The largest absolute Gasteiger partial charge is 0.444 e. The molecular formula is C12H22N2O4. The van der Waals surface area contributed by atoms with E-state index in [1.54, 1.807) is 9.80 Å². The van der Waals surface area contributed by atoms with Gasteiger partial charge < -0.3 is 19.6 Å². The van der Waals surface area contributed by atoms with Gasteiger partial charge in [-0.05, 0) is 20.8 Å². The van der Waals surface area contributed by atoms with E-state index >= 15 is 0 Å². The predicted octanol–water partition coefficient (Wildman–Crippen LogP) is 0.448. The predicted molar refractivity (Wildman–Crippen MR) is 66.1 cm³/mol. The van der Waals surface area contributed by atoms with Crippen LogP contribution in [0.25, 0.3) is 0 Å². The number of aliphatic hydroxyl groups excluding tert-OH is 1. The van der Waals surface area contributed by atoms with Gasteiger partial charge in [0.05, 0.1) is 6.61 Å². The van der Waals surface area contributed by atoms with Gasteiger partial charge in [-0.15, -0.1) is 0 Å². The van der Waals surface area contributed by atoms with Crippen molar-refractivity contribution in [3.05, 3.63) is 0 Å². The molecule has 0 saturated carbocycles. The van der Waals surface area contributed by atoms with Crippen LogP contribution in [0.2, 0.25) is 0 Å². The first-order valence-electron chi connectivity index (χ1n) is 6.20. The number of piperazine rings is 1. The van der Waals surface area contributed by atoms with Gasteiger partial charge in [-0.25, -0.2) is 4.79 Å². The Balaban J connectivity index is 2.39. The maximum atomic E-state index is 11.8. The maximum absolute atomic E-state index is 11.8. The number of amides is 2. The Hall–Kier alpha value is -1.30. The van der Waals surface area contributed by atoms with E-state index in [1.807, 2.05) is 20.8 Å². The van der Waals surface area contributed by atoms with Crippen LogP contribution in [0.4, 0.5) is 4.79 Å². The van der Waals surface area contributed by atoms with Gasteiger partial charge in [0.2, 0.25) is 5.91 Å². The van der Waals surface area contributed by atoms with Gasteiger partial charge in [-0.3, -0.25) is 4.79 Å². The number of nitrogens with zero attached hydrogens (tertiary/aromatic N) is 2. The minimum Gasteiger partial charge on any atom is -0.444 e. The number of carbonyl (C=O) groups is 2. The van der Waals surface area contributed by atoms with Crippen LogP contribution in [0.3, 0.4) is 0 Å². The molecular weight excluding hydrogens is 236 g/mol. The van der Waals surface area contributed by atoms with E-state index in [2.05, 4.69) is 0 Å². The van der Waals surface area contributed by atoms with E-state index < -0.39 is 5.60 Å². The molecule has 0 aromatic rings. The molecule has 0 aromatic heterocycles. The fraction of sp³-hybridized carbons (Fsp3) is 0.833. The number of ether oxygens (including phenoxy) is 1. The van der Waals surface area contributed by atoms with Gasteiger partial charge in [0, 0.05) is 32.6 Å². The lowest BCUT2D eigenvalue weighted by atomic mass is 10.2. The molecule has 1 N–H and O–H groups in total. The second-order valence-electron chi connectivity index (χ2n) is 5.32. The van der Waals surface area contributed by atoms with E-state index in [1.165, 1.54) is 0 Å². The molecule has 0 bridgehead atoms. The summed E-state index contributed by atoms with van der Waals surface area (Å²) in [7, 11) is 0. The van der Waals surface area contributed by atoms with Crippen molar-refractivity contribution in [2.24, 2.45) is 0 Å². The zero-order valence-electron chi connectivity index (χ0n) is 11.3. The third kappa shape index (κ3) is 4.52. The Morgan fingerprint density at radius 3 is 2.06 bits per heavy atom. The Labute approximate surface area is 107 Å². The first-order valence-corrected chi connectivity index (χ1v) is 6.20. The minimum absolute atomic E-state index is 0.0682. The van der Waals surface area contributed by atoms with Crippen molar-refractivity contribution in [1.82, 2.24) is 9.80 Å². The van der Waals surface area contributed by atoms with Gasteiger partial charge in [-0.2, -0.15) is 0 Å². The summed E-state index contributed by atoms with van der Waals surface area (Å²) in [6, 6.07) is 0. The first kappa shape index (κ1) is 14.8. The van der Waals surface area contributed by atoms with E-state index in [9.17, 15) is 9.59 Å². The topological polar surface area (TPSA) is 70.1 Å². The summed E-state index contributed by atoms with van der Waals surface area (Å²) in [5, 5.41) is 8.70. The third-order valence-electron chi connectivity index (χ3n) is 2.61. The molecule has 1 fully saturated rings. The normalized spacial score (nSPS) is 16.7. The van der Waals surface area contributed by atoms with Crippen LogP contribution in [0.15, 0.2) is 0 Å². The van der Waals surface area contributed by atoms with Crippen molar-refractivity contribution >= 4 is 12.0 Å². The highest BCUT2D eigenvalue weighted by atomic mass is 16.6. The molecule has 1 aliphatic heterocycles. The van der Waals surface area contributed by atoms with Gasteiger partial charge in [0.25, 0.3) is 0 Å². The minimum atomic E-state index is -0.499. The van der Waals surface area contributed by atoms with Crippen LogP contribution < -0.4 is 0 Å². The maximum Gasteiger partial charge on any atom is 0.410 e. The zero-order valence-corrected chi connectivity index (χ0v) is 11.3. The summed E-state index contributed by atoms with van der Waals surface area (Å²) in [5.41, 5.74) is -0.499. The summed E-state index contributed by atoms with van der Waals surface area (Å²) < 4.78 is 5.26. The van der Waals surface area contributed by atoms with Gasteiger partial charge in [0.15, 0.2) is 0 Å². The molecule has 0 spiro atoms.